The molecule has 0 atom stereocenters. The van der Waals surface area contributed by atoms with Crippen LogP contribution in [0.3, 0.4) is 0 Å². The molecule has 1 heterocycles. The van der Waals surface area contributed by atoms with Gasteiger partial charge in [0.25, 0.3) is 0 Å². The maximum Gasteiger partial charge on any atom is 0.339 e. The number of urea groups is 1. The predicted molar refractivity (Wildman–Crippen MR) is 123 cm³/mol. The molecule has 0 saturated heterocycles. The van der Waals surface area contributed by atoms with Crippen molar-refractivity contribution in [3.63, 3.8) is 0 Å². The highest BCUT2D eigenvalue weighted by atomic mass is 16.2. The first-order valence-electron chi connectivity index (χ1n) is 10.1. The molecule has 0 bridgehead atoms. The molecule has 3 rings (SSSR count). The van der Waals surface area contributed by atoms with Gasteiger partial charge < -0.3 is 10.2 Å². The van der Waals surface area contributed by atoms with E-state index in [-0.39, 0.29) is 11.6 Å². The summed E-state index contributed by atoms with van der Waals surface area (Å²) in [6.45, 7) is 12.0. The first-order valence-corrected chi connectivity index (χ1v) is 10.1. The molecule has 2 aromatic carbocycles. The van der Waals surface area contributed by atoms with E-state index < -0.39 is 0 Å². The Bertz CT molecular complexity index is 945. The molecule has 2 aromatic rings. The van der Waals surface area contributed by atoms with Gasteiger partial charge in [-0.25, -0.2) is 10.2 Å². The Morgan fingerprint density at radius 1 is 1.17 bits per heavy atom. The van der Waals surface area contributed by atoms with Crippen LogP contribution in [0.5, 0.6) is 0 Å². The summed E-state index contributed by atoms with van der Waals surface area (Å²) in [5, 5.41) is 6.89. The number of fused-ring (bicyclic) bond motifs is 1. The Hall–Kier alpha value is -3.08. The van der Waals surface area contributed by atoms with Gasteiger partial charge in [-0.15, -0.1) is 0 Å². The second-order valence-corrected chi connectivity index (χ2v) is 8.05. The van der Waals surface area contributed by atoms with Crippen LogP contribution in [0.1, 0.15) is 50.8 Å². The third-order valence-electron chi connectivity index (χ3n) is 5.21. The van der Waals surface area contributed by atoms with Crippen LogP contribution in [-0.2, 0) is 0 Å². The largest absolute Gasteiger partial charge is 0.362 e. The molecule has 0 aliphatic carbocycles. The van der Waals surface area contributed by atoms with Gasteiger partial charge in [-0.3, -0.25) is 0 Å². The lowest BCUT2D eigenvalue weighted by atomic mass is 9.87. The van der Waals surface area contributed by atoms with Crippen LogP contribution in [-0.4, -0.2) is 24.3 Å². The van der Waals surface area contributed by atoms with E-state index in [2.05, 4.69) is 73.6 Å². The van der Waals surface area contributed by atoms with Gasteiger partial charge in [-0.1, -0.05) is 31.2 Å². The van der Waals surface area contributed by atoms with E-state index in [0.717, 1.165) is 29.8 Å². The fourth-order valence-electron chi connectivity index (χ4n) is 3.86. The molecular formula is C24H30N4O. The number of anilines is 2. The van der Waals surface area contributed by atoms with E-state index in [1.165, 1.54) is 16.8 Å². The van der Waals surface area contributed by atoms with Gasteiger partial charge in [0.1, 0.15) is 0 Å². The monoisotopic (exact) mass is 390 g/mol. The van der Waals surface area contributed by atoms with Crippen molar-refractivity contribution in [1.29, 1.82) is 0 Å². The minimum Gasteiger partial charge on any atom is -0.362 e. The zero-order valence-corrected chi connectivity index (χ0v) is 17.9. The van der Waals surface area contributed by atoms with Gasteiger partial charge >= 0.3 is 6.03 Å². The van der Waals surface area contributed by atoms with Crippen LogP contribution < -0.4 is 15.6 Å². The smallest absolute Gasteiger partial charge is 0.339 e. The second kappa shape index (κ2) is 8.52. The minimum absolute atomic E-state index is 0.00772. The molecule has 1 aliphatic rings. The SMILES string of the molecule is CCCN1c2cc(C)c(/C=N/NC(=O)Nc3ccccc3)cc2C(C)=CC1(C)C. The number of nitrogens with zero attached hydrogens (tertiary/aromatic N) is 2. The molecule has 0 unspecified atom stereocenters. The topological polar surface area (TPSA) is 56.7 Å². The van der Waals surface area contributed by atoms with Crippen molar-refractivity contribution in [1.82, 2.24) is 5.43 Å². The molecule has 0 radical (unpaired) electrons. The Kier molecular flexibility index (Phi) is 6.06. The molecule has 5 heteroatoms. The number of nitrogens with one attached hydrogen (secondary N) is 2. The number of allylic oxidation sites excluding steroid dienone is 1. The second-order valence-electron chi connectivity index (χ2n) is 8.05. The zero-order valence-electron chi connectivity index (χ0n) is 17.9. The first-order chi connectivity index (χ1) is 13.8. The summed E-state index contributed by atoms with van der Waals surface area (Å²) in [6.07, 6.45) is 5.13. The summed E-state index contributed by atoms with van der Waals surface area (Å²) >= 11 is 0. The normalized spacial score (nSPS) is 15.1. The van der Waals surface area contributed by atoms with E-state index in [4.69, 9.17) is 0 Å². The summed E-state index contributed by atoms with van der Waals surface area (Å²) in [5.41, 5.74) is 9.13. The first kappa shape index (κ1) is 20.6. The van der Waals surface area contributed by atoms with Gasteiger partial charge in [-0.05, 0) is 75.1 Å². The van der Waals surface area contributed by atoms with Crippen molar-refractivity contribution in [3.05, 3.63) is 65.2 Å². The fraction of sp³-hybridized carbons (Fsp3) is 0.333. The number of rotatable bonds is 5. The van der Waals surface area contributed by atoms with Crippen LogP contribution >= 0.6 is 0 Å². The lowest BCUT2D eigenvalue weighted by Gasteiger charge is -2.43. The van der Waals surface area contributed by atoms with Crippen molar-refractivity contribution in [2.24, 2.45) is 5.10 Å². The molecule has 0 saturated carbocycles. The molecule has 0 spiro atoms. The highest BCUT2D eigenvalue weighted by Crippen LogP contribution is 2.40. The summed E-state index contributed by atoms with van der Waals surface area (Å²) in [6, 6.07) is 13.3. The number of amides is 2. The molecule has 29 heavy (non-hydrogen) atoms. The molecule has 0 fully saturated rings. The van der Waals surface area contributed by atoms with Crippen LogP contribution in [0, 0.1) is 6.92 Å². The van der Waals surface area contributed by atoms with Gasteiger partial charge in [0, 0.05) is 23.5 Å². The average molecular weight is 391 g/mol. The molecule has 1 aliphatic heterocycles. The number of carbonyl (C=O) groups excluding carboxylic acids is 1. The summed E-state index contributed by atoms with van der Waals surface area (Å²) in [5.74, 6) is 0. The highest BCUT2D eigenvalue weighted by Gasteiger charge is 2.31. The van der Waals surface area contributed by atoms with Crippen molar-refractivity contribution in [3.8, 4) is 0 Å². The Balaban J connectivity index is 1.79. The lowest BCUT2D eigenvalue weighted by molar-refractivity contribution is 0.252. The van der Waals surface area contributed by atoms with E-state index in [0.29, 0.717) is 0 Å². The quantitative estimate of drug-likeness (QED) is 0.518. The maximum absolute atomic E-state index is 12.0. The van der Waals surface area contributed by atoms with Crippen LogP contribution in [0.15, 0.2) is 53.6 Å². The third kappa shape index (κ3) is 4.67. The Labute approximate surface area is 173 Å². The molecule has 0 aromatic heterocycles. The maximum atomic E-state index is 12.0. The molecule has 152 valence electrons. The van der Waals surface area contributed by atoms with Crippen LogP contribution in [0.2, 0.25) is 0 Å². The molecule has 2 N–H and O–H groups in total. The van der Waals surface area contributed by atoms with Crippen molar-refractivity contribution >= 4 is 29.2 Å². The average Bonchev–Trinajstić information content (AvgIpc) is 2.66. The van der Waals surface area contributed by atoms with E-state index in [1.54, 1.807) is 6.21 Å². The third-order valence-corrected chi connectivity index (χ3v) is 5.21. The number of hydrazone groups is 1. The highest BCUT2D eigenvalue weighted by molar-refractivity contribution is 5.92. The van der Waals surface area contributed by atoms with Crippen LogP contribution in [0.4, 0.5) is 16.2 Å². The fourth-order valence-corrected chi connectivity index (χ4v) is 3.86. The number of hydrogen-bond donors (Lipinski definition) is 2. The lowest BCUT2D eigenvalue weighted by Crippen LogP contribution is -2.45. The Morgan fingerprint density at radius 2 is 1.90 bits per heavy atom. The van der Waals surface area contributed by atoms with E-state index >= 15 is 0 Å². The molecular weight excluding hydrogens is 360 g/mol. The number of benzene rings is 2. The van der Waals surface area contributed by atoms with Crippen molar-refractivity contribution in [2.75, 3.05) is 16.8 Å². The van der Waals surface area contributed by atoms with E-state index in [1.807, 2.05) is 30.3 Å². The van der Waals surface area contributed by atoms with Gasteiger partial charge in [-0.2, -0.15) is 5.10 Å². The summed E-state index contributed by atoms with van der Waals surface area (Å²) < 4.78 is 0. The number of carbonyl (C=O) groups is 1. The van der Waals surface area contributed by atoms with E-state index in [9.17, 15) is 4.79 Å². The van der Waals surface area contributed by atoms with Crippen molar-refractivity contribution < 1.29 is 4.79 Å². The summed E-state index contributed by atoms with van der Waals surface area (Å²) in [4.78, 5) is 14.5. The van der Waals surface area contributed by atoms with Gasteiger partial charge in [0.05, 0.1) is 11.8 Å². The number of para-hydroxylation sites is 1. The number of aryl methyl sites for hydroxylation is 1. The minimum atomic E-state index is -0.366. The molecule has 5 nitrogen and oxygen atoms in total. The Morgan fingerprint density at radius 3 is 2.59 bits per heavy atom. The predicted octanol–water partition coefficient (Wildman–Crippen LogP) is 5.56. The summed E-state index contributed by atoms with van der Waals surface area (Å²) in [7, 11) is 0. The number of hydrogen-bond acceptors (Lipinski definition) is 3. The zero-order chi connectivity index (χ0) is 21.0. The standard InChI is InChI=1S/C24H30N4O/c1-6-12-28-22-13-17(2)19(14-21(22)18(3)15-24(28,4)5)16-25-27-23(29)26-20-10-8-7-9-11-20/h7-11,13-16H,6,12H2,1-5H3,(H2,26,27,29)/b25-16+. The molecule has 2 amide bonds. The van der Waals surface area contributed by atoms with Crippen LogP contribution in [0.25, 0.3) is 5.57 Å². The van der Waals surface area contributed by atoms with Gasteiger partial charge in [0.15, 0.2) is 0 Å². The van der Waals surface area contributed by atoms with Crippen molar-refractivity contribution in [2.45, 2.75) is 46.6 Å². The van der Waals surface area contributed by atoms with Gasteiger partial charge in [0.2, 0.25) is 0 Å².